The summed E-state index contributed by atoms with van der Waals surface area (Å²) in [5, 5.41) is 3.61. The van der Waals surface area contributed by atoms with Gasteiger partial charge in [-0.3, -0.25) is 4.57 Å². The predicted molar refractivity (Wildman–Crippen MR) is 176 cm³/mol. The van der Waals surface area contributed by atoms with Crippen LogP contribution in [0.4, 0.5) is 0 Å². The van der Waals surface area contributed by atoms with Gasteiger partial charge in [-0.1, -0.05) is 103 Å². The minimum Gasteiger partial charge on any atom is -0.276 e. The number of hydrogen-bond donors (Lipinski definition) is 0. The van der Waals surface area contributed by atoms with Crippen LogP contribution in [0.25, 0.3) is 79.8 Å². The molecule has 0 unspecified atom stereocenters. The third kappa shape index (κ3) is 3.43. The highest BCUT2D eigenvalue weighted by Crippen LogP contribution is 2.48. The van der Waals surface area contributed by atoms with Crippen LogP contribution in [0.15, 0.2) is 127 Å². The molecule has 5 aromatic carbocycles. The van der Waals surface area contributed by atoms with Crippen LogP contribution in [-0.4, -0.2) is 14.5 Å². The summed E-state index contributed by atoms with van der Waals surface area (Å²) in [5.74, 6) is 0.701. The van der Waals surface area contributed by atoms with Gasteiger partial charge in [0.2, 0.25) is 5.95 Å². The van der Waals surface area contributed by atoms with E-state index in [0.717, 1.165) is 27.7 Å². The van der Waals surface area contributed by atoms with Crippen LogP contribution < -0.4 is 0 Å². The van der Waals surface area contributed by atoms with E-state index >= 15 is 0 Å². The van der Waals surface area contributed by atoms with Crippen molar-refractivity contribution in [2.24, 2.45) is 0 Å². The van der Waals surface area contributed by atoms with Crippen molar-refractivity contribution in [2.75, 3.05) is 0 Å². The molecule has 0 radical (unpaired) electrons. The molecule has 5 heteroatoms. The molecule has 0 saturated carbocycles. The molecular weight excluding hydrogens is 539 g/mol. The third-order valence-corrected chi connectivity index (χ3v) is 10.4. The minimum absolute atomic E-state index is 0.701. The fourth-order valence-corrected chi connectivity index (χ4v) is 8.74. The quantitative estimate of drug-likeness (QED) is 0.216. The highest BCUT2D eigenvalue weighted by Gasteiger charge is 2.23. The standard InChI is InChI=1S/C36H21N3S2/c1-2-11-22(12-3-1)23-13-10-14-24(21-23)31-25-15-4-7-18-28(25)37-36(38-31)39-29-19-8-5-16-26(29)33-32(39)35-34(41-33)27-17-6-9-20-30(27)40-35/h1-21H. The number of fused-ring (bicyclic) bond motifs is 8. The first kappa shape index (κ1) is 22.9. The van der Waals surface area contributed by atoms with E-state index in [4.69, 9.17) is 9.97 Å². The van der Waals surface area contributed by atoms with E-state index in [1.807, 2.05) is 22.7 Å². The Bertz CT molecular complexity index is 2430. The molecule has 0 spiro atoms. The summed E-state index contributed by atoms with van der Waals surface area (Å²) < 4.78 is 7.52. The summed E-state index contributed by atoms with van der Waals surface area (Å²) >= 11 is 3.74. The Hall–Kier alpha value is -4.84. The van der Waals surface area contributed by atoms with Gasteiger partial charge >= 0.3 is 0 Å². The molecule has 0 aliphatic carbocycles. The largest absolute Gasteiger partial charge is 0.276 e. The smallest absolute Gasteiger partial charge is 0.235 e. The molecule has 192 valence electrons. The van der Waals surface area contributed by atoms with Gasteiger partial charge in [0.25, 0.3) is 0 Å². The lowest BCUT2D eigenvalue weighted by Gasteiger charge is -2.12. The molecule has 0 bridgehead atoms. The Balaban J connectivity index is 1.37. The second kappa shape index (κ2) is 8.83. The van der Waals surface area contributed by atoms with Gasteiger partial charge < -0.3 is 0 Å². The lowest BCUT2D eigenvalue weighted by atomic mass is 10.00. The molecule has 0 fully saturated rings. The first-order chi connectivity index (χ1) is 20.3. The van der Waals surface area contributed by atoms with Crippen molar-refractivity contribution in [3.8, 4) is 28.3 Å². The number of benzene rings is 5. The van der Waals surface area contributed by atoms with Crippen molar-refractivity contribution >= 4 is 74.2 Å². The Morgan fingerprint density at radius 2 is 1.20 bits per heavy atom. The van der Waals surface area contributed by atoms with Gasteiger partial charge in [-0.05, 0) is 35.4 Å². The Morgan fingerprint density at radius 1 is 0.488 bits per heavy atom. The topological polar surface area (TPSA) is 30.7 Å². The third-order valence-electron chi connectivity index (χ3n) is 7.83. The number of hydrogen-bond acceptors (Lipinski definition) is 4. The first-order valence-electron chi connectivity index (χ1n) is 13.6. The molecule has 0 atom stereocenters. The Morgan fingerprint density at radius 3 is 2.10 bits per heavy atom. The van der Waals surface area contributed by atoms with Crippen molar-refractivity contribution < 1.29 is 0 Å². The second-order valence-electron chi connectivity index (χ2n) is 10.2. The molecule has 0 aliphatic rings. The summed E-state index contributed by atoms with van der Waals surface area (Å²) in [6.07, 6.45) is 0. The molecule has 0 N–H and O–H groups in total. The van der Waals surface area contributed by atoms with Crippen LogP contribution in [-0.2, 0) is 0 Å². The monoisotopic (exact) mass is 559 g/mol. The summed E-state index contributed by atoms with van der Waals surface area (Å²) in [5.41, 5.74) is 7.65. The zero-order valence-corrected chi connectivity index (χ0v) is 23.4. The number of rotatable bonds is 3. The SMILES string of the molecule is c1ccc(-c2cccc(-c3nc(-n4c5ccccc5c5sc6c7ccccc7sc6c54)nc4ccccc34)c2)cc1. The summed E-state index contributed by atoms with van der Waals surface area (Å²) in [6.45, 7) is 0. The second-order valence-corrected chi connectivity index (χ2v) is 12.3. The maximum Gasteiger partial charge on any atom is 0.235 e. The lowest BCUT2D eigenvalue weighted by Crippen LogP contribution is -2.03. The highest BCUT2D eigenvalue weighted by atomic mass is 32.1. The normalized spacial score (nSPS) is 11.9. The molecule has 9 aromatic rings. The van der Waals surface area contributed by atoms with Gasteiger partial charge in [-0.2, -0.15) is 0 Å². The molecule has 4 heterocycles. The molecular formula is C36H21N3S2. The van der Waals surface area contributed by atoms with E-state index in [0.29, 0.717) is 5.95 Å². The molecule has 4 aromatic heterocycles. The van der Waals surface area contributed by atoms with Crippen molar-refractivity contribution in [1.82, 2.24) is 14.5 Å². The van der Waals surface area contributed by atoms with Crippen LogP contribution in [0.3, 0.4) is 0 Å². The van der Waals surface area contributed by atoms with Crippen LogP contribution >= 0.6 is 22.7 Å². The van der Waals surface area contributed by atoms with Crippen LogP contribution in [0.5, 0.6) is 0 Å². The average Bonchev–Trinajstić information content (AvgIpc) is 3.68. The maximum absolute atomic E-state index is 5.35. The van der Waals surface area contributed by atoms with Crippen LogP contribution in [0.2, 0.25) is 0 Å². The van der Waals surface area contributed by atoms with Crippen molar-refractivity contribution in [3.63, 3.8) is 0 Å². The van der Waals surface area contributed by atoms with Crippen molar-refractivity contribution in [1.29, 1.82) is 0 Å². The van der Waals surface area contributed by atoms with E-state index in [-0.39, 0.29) is 0 Å². The number of thiophene rings is 2. The summed E-state index contributed by atoms with van der Waals surface area (Å²) in [7, 11) is 0. The summed E-state index contributed by atoms with van der Waals surface area (Å²) in [4.78, 5) is 10.5. The number of para-hydroxylation sites is 2. The van der Waals surface area contributed by atoms with Gasteiger partial charge in [0, 0.05) is 26.4 Å². The van der Waals surface area contributed by atoms with Crippen LogP contribution in [0, 0.1) is 0 Å². The number of aromatic nitrogens is 3. The molecule has 0 saturated heterocycles. The van der Waals surface area contributed by atoms with E-state index in [1.165, 1.54) is 46.2 Å². The number of nitrogens with zero attached hydrogens (tertiary/aromatic N) is 3. The average molecular weight is 560 g/mol. The van der Waals surface area contributed by atoms with Gasteiger partial charge in [0.15, 0.2) is 0 Å². The van der Waals surface area contributed by atoms with Crippen LogP contribution in [0.1, 0.15) is 0 Å². The van der Waals surface area contributed by atoms with Crippen molar-refractivity contribution in [3.05, 3.63) is 127 Å². The molecule has 9 rings (SSSR count). The van der Waals surface area contributed by atoms with E-state index in [1.54, 1.807) is 0 Å². The highest BCUT2D eigenvalue weighted by molar-refractivity contribution is 7.37. The van der Waals surface area contributed by atoms with Crippen molar-refractivity contribution in [2.45, 2.75) is 0 Å². The predicted octanol–water partition coefficient (Wildman–Crippen LogP) is 10.5. The lowest BCUT2D eigenvalue weighted by molar-refractivity contribution is 1.02. The minimum atomic E-state index is 0.701. The molecule has 0 amide bonds. The molecule has 0 aliphatic heterocycles. The maximum atomic E-state index is 5.35. The molecule has 3 nitrogen and oxygen atoms in total. The fourth-order valence-electron chi connectivity index (χ4n) is 5.97. The fraction of sp³-hybridized carbons (Fsp3) is 0. The van der Waals surface area contributed by atoms with E-state index < -0.39 is 0 Å². The molecule has 41 heavy (non-hydrogen) atoms. The van der Waals surface area contributed by atoms with E-state index in [9.17, 15) is 0 Å². The van der Waals surface area contributed by atoms with Gasteiger partial charge in [-0.25, -0.2) is 9.97 Å². The van der Waals surface area contributed by atoms with Gasteiger partial charge in [0.05, 0.1) is 36.3 Å². The Kier molecular flexibility index (Phi) is 4.94. The zero-order valence-electron chi connectivity index (χ0n) is 21.8. The Labute approximate surface area is 243 Å². The van der Waals surface area contributed by atoms with E-state index in [2.05, 4.69) is 132 Å². The first-order valence-corrected chi connectivity index (χ1v) is 15.2. The summed E-state index contributed by atoms with van der Waals surface area (Å²) in [6, 6.07) is 44.9. The van der Waals surface area contributed by atoms with Gasteiger partial charge in [0.1, 0.15) is 0 Å². The zero-order chi connectivity index (χ0) is 26.9. The van der Waals surface area contributed by atoms with Gasteiger partial charge in [-0.15, -0.1) is 22.7 Å².